The van der Waals surface area contributed by atoms with Gasteiger partial charge in [-0.25, -0.2) is 9.97 Å². The summed E-state index contributed by atoms with van der Waals surface area (Å²) >= 11 is 0. The second-order valence-corrected chi connectivity index (χ2v) is 3.15. The number of fused-ring (bicyclic) bond motifs is 1. The molecule has 2 rings (SSSR count). The van der Waals surface area contributed by atoms with E-state index in [9.17, 15) is 0 Å². The molecule has 0 unspecified atom stereocenters. The van der Waals surface area contributed by atoms with Crippen LogP contribution >= 0.6 is 0 Å². The molecule has 1 aromatic carbocycles. The predicted octanol–water partition coefficient (Wildman–Crippen LogP) is 1.23. The molecule has 4 nitrogen and oxygen atoms in total. The zero-order chi connectivity index (χ0) is 10.5. The molecule has 78 valence electrons. The van der Waals surface area contributed by atoms with Crippen molar-refractivity contribution in [1.29, 1.82) is 0 Å². The molecule has 0 spiro atoms. The van der Waals surface area contributed by atoms with Crippen LogP contribution in [0.3, 0.4) is 0 Å². The van der Waals surface area contributed by atoms with Gasteiger partial charge < -0.3 is 10.1 Å². The van der Waals surface area contributed by atoms with Gasteiger partial charge in [-0.15, -0.1) is 0 Å². The number of likely N-dealkylation sites (N-methyl/N-ethyl adjacent to an activating group) is 1. The Kier molecular flexibility index (Phi) is 3.09. The van der Waals surface area contributed by atoms with Crippen LogP contribution in [0.5, 0.6) is 5.88 Å². The SMILES string of the molecule is CNCCOc1cnc2ccccc2n1. The zero-order valence-corrected chi connectivity index (χ0v) is 8.60. The van der Waals surface area contributed by atoms with Crippen molar-refractivity contribution in [2.75, 3.05) is 20.2 Å². The Morgan fingerprint density at radius 2 is 2.07 bits per heavy atom. The van der Waals surface area contributed by atoms with Crippen molar-refractivity contribution < 1.29 is 4.74 Å². The molecular weight excluding hydrogens is 190 g/mol. The fraction of sp³-hybridized carbons (Fsp3) is 0.273. The normalized spacial score (nSPS) is 10.5. The first-order valence-corrected chi connectivity index (χ1v) is 4.89. The molecule has 0 aliphatic carbocycles. The number of hydrogen-bond acceptors (Lipinski definition) is 4. The molecule has 0 fully saturated rings. The van der Waals surface area contributed by atoms with Crippen LogP contribution in [0, 0.1) is 0 Å². The molecule has 0 radical (unpaired) electrons. The molecule has 15 heavy (non-hydrogen) atoms. The van der Waals surface area contributed by atoms with E-state index in [4.69, 9.17) is 4.74 Å². The van der Waals surface area contributed by atoms with E-state index in [1.165, 1.54) is 0 Å². The molecule has 0 atom stereocenters. The van der Waals surface area contributed by atoms with Crippen molar-refractivity contribution in [2.24, 2.45) is 0 Å². The second-order valence-electron chi connectivity index (χ2n) is 3.15. The van der Waals surface area contributed by atoms with Crippen LogP contribution in [0.25, 0.3) is 11.0 Å². The van der Waals surface area contributed by atoms with Gasteiger partial charge in [-0.1, -0.05) is 12.1 Å². The van der Waals surface area contributed by atoms with Crippen molar-refractivity contribution in [2.45, 2.75) is 0 Å². The molecule has 0 amide bonds. The van der Waals surface area contributed by atoms with Gasteiger partial charge in [-0.2, -0.15) is 0 Å². The second kappa shape index (κ2) is 4.70. The van der Waals surface area contributed by atoms with Crippen LogP contribution in [0.2, 0.25) is 0 Å². The number of rotatable bonds is 4. The Morgan fingerprint density at radius 1 is 1.27 bits per heavy atom. The summed E-state index contributed by atoms with van der Waals surface area (Å²) in [5, 5.41) is 3.00. The van der Waals surface area contributed by atoms with Crippen LogP contribution in [0.1, 0.15) is 0 Å². The van der Waals surface area contributed by atoms with E-state index < -0.39 is 0 Å². The molecule has 1 aromatic heterocycles. The molecule has 0 saturated carbocycles. The van der Waals surface area contributed by atoms with Gasteiger partial charge in [-0.05, 0) is 19.2 Å². The maximum absolute atomic E-state index is 5.42. The minimum atomic E-state index is 0.573. The van der Waals surface area contributed by atoms with E-state index in [1.807, 2.05) is 31.3 Å². The average Bonchev–Trinajstić information content (AvgIpc) is 2.29. The third kappa shape index (κ3) is 2.41. The number of nitrogens with zero attached hydrogens (tertiary/aromatic N) is 2. The first-order valence-electron chi connectivity index (χ1n) is 4.89. The fourth-order valence-electron chi connectivity index (χ4n) is 1.27. The van der Waals surface area contributed by atoms with E-state index >= 15 is 0 Å². The van der Waals surface area contributed by atoms with E-state index in [1.54, 1.807) is 6.20 Å². The molecular formula is C11H13N3O. The van der Waals surface area contributed by atoms with Gasteiger partial charge in [0.25, 0.3) is 0 Å². The molecule has 1 N–H and O–H groups in total. The highest BCUT2D eigenvalue weighted by Gasteiger charge is 1.98. The van der Waals surface area contributed by atoms with Gasteiger partial charge in [0, 0.05) is 6.54 Å². The summed E-state index contributed by atoms with van der Waals surface area (Å²) in [6, 6.07) is 7.74. The zero-order valence-electron chi connectivity index (χ0n) is 8.60. The Balaban J connectivity index is 2.16. The summed E-state index contributed by atoms with van der Waals surface area (Å²) in [6.45, 7) is 1.40. The summed E-state index contributed by atoms with van der Waals surface area (Å²) in [7, 11) is 1.88. The molecule has 2 aromatic rings. The summed E-state index contributed by atoms with van der Waals surface area (Å²) in [4.78, 5) is 8.59. The Morgan fingerprint density at radius 3 is 2.87 bits per heavy atom. The highest BCUT2D eigenvalue weighted by atomic mass is 16.5. The summed E-state index contributed by atoms with van der Waals surface area (Å²) in [6.07, 6.45) is 1.65. The Hall–Kier alpha value is -1.68. The first-order chi connectivity index (χ1) is 7.40. The van der Waals surface area contributed by atoms with Gasteiger partial charge in [-0.3, -0.25) is 0 Å². The minimum Gasteiger partial charge on any atom is -0.475 e. The lowest BCUT2D eigenvalue weighted by Crippen LogP contribution is -2.16. The van der Waals surface area contributed by atoms with Crippen LogP contribution in [-0.2, 0) is 0 Å². The summed E-state index contributed by atoms with van der Waals surface area (Å²) < 4.78 is 5.42. The summed E-state index contributed by atoms with van der Waals surface area (Å²) in [5.41, 5.74) is 1.75. The minimum absolute atomic E-state index is 0.573. The van der Waals surface area contributed by atoms with E-state index in [0.29, 0.717) is 12.5 Å². The average molecular weight is 203 g/mol. The molecule has 0 aliphatic rings. The predicted molar refractivity (Wildman–Crippen MR) is 59.0 cm³/mol. The highest BCUT2D eigenvalue weighted by Crippen LogP contribution is 2.12. The topological polar surface area (TPSA) is 47.0 Å². The van der Waals surface area contributed by atoms with Crippen molar-refractivity contribution >= 4 is 11.0 Å². The first kappa shape index (κ1) is 9.86. The summed E-state index contributed by atoms with van der Waals surface area (Å²) in [5.74, 6) is 0.573. The lowest BCUT2D eigenvalue weighted by molar-refractivity contribution is 0.306. The largest absolute Gasteiger partial charge is 0.475 e. The van der Waals surface area contributed by atoms with E-state index in [0.717, 1.165) is 17.6 Å². The fourth-order valence-corrected chi connectivity index (χ4v) is 1.27. The molecule has 4 heteroatoms. The third-order valence-electron chi connectivity index (χ3n) is 2.03. The lowest BCUT2D eigenvalue weighted by atomic mass is 10.3. The van der Waals surface area contributed by atoms with Gasteiger partial charge >= 0.3 is 0 Å². The van der Waals surface area contributed by atoms with Crippen LogP contribution in [0.15, 0.2) is 30.5 Å². The highest BCUT2D eigenvalue weighted by molar-refractivity contribution is 5.73. The molecule has 0 saturated heterocycles. The van der Waals surface area contributed by atoms with E-state index in [2.05, 4.69) is 15.3 Å². The van der Waals surface area contributed by atoms with Gasteiger partial charge in [0.05, 0.1) is 17.2 Å². The van der Waals surface area contributed by atoms with Gasteiger partial charge in [0.15, 0.2) is 0 Å². The van der Waals surface area contributed by atoms with Crippen molar-refractivity contribution in [3.8, 4) is 5.88 Å². The lowest BCUT2D eigenvalue weighted by Gasteiger charge is -2.04. The molecule has 1 heterocycles. The molecule has 0 aliphatic heterocycles. The number of benzene rings is 1. The van der Waals surface area contributed by atoms with Crippen LogP contribution in [0.4, 0.5) is 0 Å². The molecule has 0 bridgehead atoms. The quantitative estimate of drug-likeness (QED) is 0.759. The number of aromatic nitrogens is 2. The van der Waals surface area contributed by atoms with Crippen molar-refractivity contribution in [3.05, 3.63) is 30.5 Å². The number of ether oxygens (including phenoxy) is 1. The van der Waals surface area contributed by atoms with E-state index in [-0.39, 0.29) is 0 Å². The monoisotopic (exact) mass is 203 g/mol. The number of nitrogens with one attached hydrogen (secondary N) is 1. The Labute approximate surface area is 88.3 Å². The maximum atomic E-state index is 5.42. The standard InChI is InChI=1S/C11H13N3O/c1-12-6-7-15-11-8-13-9-4-2-3-5-10(9)14-11/h2-5,8,12H,6-7H2,1H3. The van der Waals surface area contributed by atoms with Crippen LogP contribution in [-0.4, -0.2) is 30.2 Å². The maximum Gasteiger partial charge on any atom is 0.232 e. The van der Waals surface area contributed by atoms with Gasteiger partial charge in [0.1, 0.15) is 6.61 Å². The third-order valence-corrected chi connectivity index (χ3v) is 2.03. The van der Waals surface area contributed by atoms with Gasteiger partial charge in [0.2, 0.25) is 5.88 Å². The number of hydrogen-bond donors (Lipinski definition) is 1. The number of para-hydroxylation sites is 2. The smallest absolute Gasteiger partial charge is 0.232 e. The van der Waals surface area contributed by atoms with Crippen molar-refractivity contribution in [1.82, 2.24) is 15.3 Å². The van der Waals surface area contributed by atoms with Crippen molar-refractivity contribution in [3.63, 3.8) is 0 Å². The van der Waals surface area contributed by atoms with Crippen LogP contribution < -0.4 is 10.1 Å². The Bertz CT molecular complexity index is 445.